The molecule has 5 rings (SSSR count). The number of nitrogens with zero attached hydrogens (tertiary/aromatic N) is 3. The van der Waals surface area contributed by atoms with Gasteiger partial charge in [-0.15, -0.1) is 0 Å². The van der Waals surface area contributed by atoms with Gasteiger partial charge in [0.25, 0.3) is 5.91 Å². The number of carbonyl (C=O) groups is 1. The van der Waals surface area contributed by atoms with Crippen LogP contribution < -0.4 is 4.74 Å². The second kappa shape index (κ2) is 9.17. The third kappa shape index (κ3) is 4.28. The molecule has 3 heterocycles. The first-order chi connectivity index (χ1) is 15.7. The molecule has 1 fully saturated rings. The van der Waals surface area contributed by atoms with Gasteiger partial charge in [-0.05, 0) is 48.4 Å². The van der Waals surface area contributed by atoms with Gasteiger partial charge >= 0.3 is 0 Å². The molecule has 32 heavy (non-hydrogen) atoms. The molecule has 1 amide bonds. The van der Waals surface area contributed by atoms with Gasteiger partial charge in [0.15, 0.2) is 5.69 Å². The van der Waals surface area contributed by atoms with E-state index in [0.29, 0.717) is 24.8 Å². The van der Waals surface area contributed by atoms with E-state index in [-0.39, 0.29) is 12.0 Å². The highest BCUT2D eigenvalue weighted by molar-refractivity contribution is 5.93. The minimum Gasteiger partial charge on any atom is -0.497 e. The average molecular weight is 432 g/mol. The number of carbonyl (C=O) groups excluding carboxylic acids is 1. The van der Waals surface area contributed by atoms with Gasteiger partial charge in [-0.3, -0.25) is 4.79 Å². The van der Waals surface area contributed by atoms with Crippen LogP contribution in [0.3, 0.4) is 0 Å². The summed E-state index contributed by atoms with van der Waals surface area (Å²) in [6.45, 7) is 2.62. The number of amides is 1. The van der Waals surface area contributed by atoms with Gasteiger partial charge in [-0.1, -0.05) is 42.5 Å². The molecule has 0 N–H and O–H groups in total. The third-order valence-corrected chi connectivity index (χ3v) is 6.69. The van der Waals surface area contributed by atoms with Crippen LogP contribution in [0.5, 0.6) is 5.75 Å². The van der Waals surface area contributed by atoms with E-state index >= 15 is 0 Å². The molecular weight excluding hydrogens is 402 g/mol. The molecular formula is C26H29N3O3. The molecule has 1 atom stereocenters. The summed E-state index contributed by atoms with van der Waals surface area (Å²) in [7, 11) is 1.66. The number of methoxy groups -OCH3 is 1. The predicted molar refractivity (Wildman–Crippen MR) is 122 cm³/mol. The number of hydrogen-bond donors (Lipinski definition) is 0. The zero-order valence-corrected chi connectivity index (χ0v) is 18.4. The molecule has 6 heteroatoms. The summed E-state index contributed by atoms with van der Waals surface area (Å²) in [5.41, 5.74) is 3.90. The smallest absolute Gasteiger partial charge is 0.274 e. The van der Waals surface area contributed by atoms with Crippen LogP contribution in [0.4, 0.5) is 0 Å². The molecule has 0 unspecified atom stereocenters. The first-order valence-corrected chi connectivity index (χ1v) is 11.3. The number of hydrogen-bond acceptors (Lipinski definition) is 4. The Morgan fingerprint density at radius 1 is 1.09 bits per heavy atom. The molecule has 2 aliphatic heterocycles. The number of fused-ring (bicyclic) bond motifs is 1. The minimum atomic E-state index is -0.0562. The average Bonchev–Trinajstić information content (AvgIpc) is 3.28. The Morgan fingerprint density at radius 3 is 2.56 bits per heavy atom. The van der Waals surface area contributed by atoms with E-state index in [4.69, 9.17) is 9.47 Å². The van der Waals surface area contributed by atoms with Crippen LogP contribution in [0.15, 0.2) is 60.9 Å². The predicted octanol–water partition coefficient (Wildman–Crippen LogP) is 4.26. The number of piperidine rings is 1. The van der Waals surface area contributed by atoms with E-state index in [1.807, 2.05) is 29.2 Å². The lowest BCUT2D eigenvalue weighted by molar-refractivity contribution is 0.00225. The summed E-state index contributed by atoms with van der Waals surface area (Å²) in [4.78, 5) is 19.6. The molecule has 0 bridgehead atoms. The second-order valence-corrected chi connectivity index (χ2v) is 8.69. The van der Waals surface area contributed by atoms with Crippen molar-refractivity contribution in [3.05, 3.63) is 83.4 Å². The zero-order valence-electron chi connectivity index (χ0n) is 18.4. The van der Waals surface area contributed by atoms with Gasteiger partial charge < -0.3 is 18.9 Å². The standard InChI is InChI=1S/C26H29N3O3/c1-31-22-9-7-21(8-10-22)24-16-29-18-27-25(23(29)17-32-24)26(30)28-13-11-20(12-14-28)15-19-5-3-2-4-6-19/h2-10,18,20,24H,11-17H2,1H3/t24-/m1/s1. The molecule has 166 valence electrons. The Hall–Kier alpha value is -3.12. The molecule has 6 nitrogen and oxygen atoms in total. The Morgan fingerprint density at radius 2 is 1.84 bits per heavy atom. The number of rotatable bonds is 5. The second-order valence-electron chi connectivity index (χ2n) is 8.69. The lowest BCUT2D eigenvalue weighted by atomic mass is 9.90. The highest BCUT2D eigenvalue weighted by Crippen LogP contribution is 2.30. The van der Waals surface area contributed by atoms with Crippen molar-refractivity contribution in [3.8, 4) is 5.75 Å². The maximum atomic E-state index is 13.2. The summed E-state index contributed by atoms with van der Waals surface area (Å²) in [5, 5.41) is 0. The molecule has 0 spiro atoms. The minimum absolute atomic E-state index is 0.0309. The van der Waals surface area contributed by atoms with Gasteiger partial charge in [0.05, 0.1) is 32.3 Å². The maximum absolute atomic E-state index is 13.2. The Bertz CT molecular complexity index is 1050. The lowest BCUT2D eigenvalue weighted by Crippen LogP contribution is -2.39. The fourth-order valence-electron chi connectivity index (χ4n) is 4.76. The van der Waals surface area contributed by atoms with Crippen molar-refractivity contribution in [3.63, 3.8) is 0 Å². The molecule has 0 saturated carbocycles. The molecule has 0 aliphatic carbocycles. The Labute approximate surface area is 188 Å². The van der Waals surface area contributed by atoms with Crippen LogP contribution in [-0.2, 0) is 24.3 Å². The van der Waals surface area contributed by atoms with E-state index in [9.17, 15) is 4.79 Å². The summed E-state index contributed by atoms with van der Waals surface area (Å²) in [5.74, 6) is 1.49. The van der Waals surface area contributed by atoms with Crippen molar-refractivity contribution in [2.24, 2.45) is 5.92 Å². The fourth-order valence-corrected chi connectivity index (χ4v) is 4.76. The number of aromatic nitrogens is 2. The van der Waals surface area contributed by atoms with E-state index in [1.54, 1.807) is 13.4 Å². The SMILES string of the molecule is COc1ccc([C@H]2Cn3cnc(C(=O)N4CCC(Cc5ccccc5)CC4)c3CO2)cc1. The van der Waals surface area contributed by atoms with Gasteiger partial charge in [0, 0.05) is 13.1 Å². The fraction of sp³-hybridized carbons (Fsp3) is 0.385. The van der Waals surface area contributed by atoms with Crippen molar-refractivity contribution in [1.29, 1.82) is 0 Å². The van der Waals surface area contributed by atoms with Gasteiger partial charge in [0.1, 0.15) is 11.9 Å². The monoisotopic (exact) mass is 431 g/mol. The molecule has 2 aromatic carbocycles. The quantitative estimate of drug-likeness (QED) is 0.606. The number of ether oxygens (including phenoxy) is 2. The summed E-state index contributed by atoms with van der Waals surface area (Å²) >= 11 is 0. The Kier molecular flexibility index (Phi) is 5.95. The van der Waals surface area contributed by atoms with Crippen LogP contribution in [0.1, 0.15) is 46.3 Å². The van der Waals surface area contributed by atoms with E-state index in [1.165, 1.54) is 5.56 Å². The van der Waals surface area contributed by atoms with Gasteiger partial charge in [-0.25, -0.2) is 4.98 Å². The summed E-state index contributed by atoms with van der Waals surface area (Å²) in [6.07, 6.45) is 4.88. The lowest BCUT2D eigenvalue weighted by Gasteiger charge is -2.32. The van der Waals surface area contributed by atoms with Crippen LogP contribution in [0, 0.1) is 5.92 Å². The number of benzene rings is 2. The molecule has 1 saturated heterocycles. The topological polar surface area (TPSA) is 56.6 Å². The van der Waals surface area contributed by atoms with Crippen molar-refractivity contribution in [1.82, 2.24) is 14.5 Å². The molecule has 3 aromatic rings. The number of imidazole rings is 1. The number of likely N-dealkylation sites (tertiary alicyclic amines) is 1. The molecule has 2 aliphatic rings. The zero-order chi connectivity index (χ0) is 21.9. The van der Waals surface area contributed by atoms with Crippen molar-refractivity contribution in [2.45, 2.75) is 38.5 Å². The highest BCUT2D eigenvalue weighted by atomic mass is 16.5. The maximum Gasteiger partial charge on any atom is 0.274 e. The van der Waals surface area contributed by atoms with Crippen molar-refractivity contribution < 1.29 is 14.3 Å². The van der Waals surface area contributed by atoms with Crippen LogP contribution >= 0.6 is 0 Å². The van der Waals surface area contributed by atoms with E-state index in [0.717, 1.165) is 49.4 Å². The molecule has 1 aromatic heterocycles. The van der Waals surface area contributed by atoms with Crippen LogP contribution in [0.25, 0.3) is 0 Å². The highest BCUT2D eigenvalue weighted by Gasteiger charge is 2.30. The van der Waals surface area contributed by atoms with E-state index in [2.05, 4.69) is 39.9 Å². The van der Waals surface area contributed by atoms with Crippen molar-refractivity contribution >= 4 is 5.91 Å². The van der Waals surface area contributed by atoms with Gasteiger partial charge in [0.2, 0.25) is 0 Å². The largest absolute Gasteiger partial charge is 0.497 e. The first kappa shape index (κ1) is 20.8. The van der Waals surface area contributed by atoms with Crippen LogP contribution in [-0.4, -0.2) is 40.6 Å². The summed E-state index contributed by atoms with van der Waals surface area (Å²) in [6, 6.07) is 18.6. The third-order valence-electron chi connectivity index (χ3n) is 6.69. The first-order valence-electron chi connectivity index (χ1n) is 11.3. The van der Waals surface area contributed by atoms with E-state index < -0.39 is 0 Å². The Balaban J connectivity index is 1.21. The summed E-state index contributed by atoms with van der Waals surface area (Å²) < 4.78 is 13.4. The van der Waals surface area contributed by atoms with Crippen molar-refractivity contribution in [2.75, 3.05) is 20.2 Å². The normalized spacial score (nSPS) is 18.9. The molecule has 0 radical (unpaired) electrons. The van der Waals surface area contributed by atoms with Gasteiger partial charge in [-0.2, -0.15) is 0 Å². The van der Waals surface area contributed by atoms with Crippen LogP contribution in [0.2, 0.25) is 0 Å².